The number of aryl methyl sites for hydroxylation is 1. The van der Waals surface area contributed by atoms with E-state index in [1.807, 2.05) is 7.05 Å². The number of nitrogens with zero attached hydrogens (tertiary/aromatic N) is 3. The molecule has 1 unspecified atom stereocenters. The number of rotatable bonds is 7. The molecule has 1 saturated heterocycles. The first-order valence-corrected chi connectivity index (χ1v) is 9.62. The molecule has 0 bridgehead atoms. The molecule has 0 saturated carbocycles. The standard InChI is InChI=1S/C21H31N5.HI/c1-18-7-9-19(10-8-18)20(26-14-5-6-15-26)17-24-21(22-2)23-11-16-25-12-3-4-13-25;/h3-4,7-10,12-13,20H,5-6,11,14-17H2,1-2H3,(H2,22,23,24);1H. The molecule has 0 spiro atoms. The minimum absolute atomic E-state index is 0. The van der Waals surface area contributed by atoms with Crippen molar-refractivity contribution in [3.8, 4) is 0 Å². The Labute approximate surface area is 180 Å². The monoisotopic (exact) mass is 481 g/mol. The molecule has 1 fully saturated rings. The highest BCUT2D eigenvalue weighted by Crippen LogP contribution is 2.24. The molecule has 148 valence electrons. The molecule has 1 aliphatic heterocycles. The van der Waals surface area contributed by atoms with Gasteiger partial charge in [0.25, 0.3) is 0 Å². The fraction of sp³-hybridized carbons (Fsp3) is 0.476. The SMILES string of the molecule is CN=C(NCCn1cccc1)NCC(c1ccc(C)cc1)N1CCCC1.I. The van der Waals surface area contributed by atoms with Crippen LogP contribution in [0.1, 0.15) is 30.0 Å². The number of hydrogen-bond donors (Lipinski definition) is 2. The van der Waals surface area contributed by atoms with Gasteiger partial charge in [-0.25, -0.2) is 0 Å². The van der Waals surface area contributed by atoms with Gasteiger partial charge in [-0.1, -0.05) is 29.8 Å². The number of halogens is 1. The number of likely N-dealkylation sites (tertiary alicyclic amines) is 1. The number of hydrogen-bond acceptors (Lipinski definition) is 2. The Morgan fingerprint density at radius 2 is 1.74 bits per heavy atom. The van der Waals surface area contributed by atoms with Gasteiger partial charge in [-0.15, -0.1) is 24.0 Å². The molecule has 27 heavy (non-hydrogen) atoms. The lowest BCUT2D eigenvalue weighted by molar-refractivity contribution is 0.245. The second kappa shape index (κ2) is 11.3. The molecule has 2 aromatic rings. The Hall–Kier alpha value is -1.54. The number of aromatic nitrogens is 1. The summed E-state index contributed by atoms with van der Waals surface area (Å²) in [6.07, 6.45) is 6.76. The normalized spacial score (nSPS) is 16.0. The van der Waals surface area contributed by atoms with E-state index in [9.17, 15) is 0 Å². The molecule has 1 aromatic heterocycles. The Morgan fingerprint density at radius 1 is 1.07 bits per heavy atom. The Kier molecular flexibility index (Phi) is 9.14. The minimum Gasteiger partial charge on any atom is -0.355 e. The zero-order valence-corrected chi connectivity index (χ0v) is 18.7. The van der Waals surface area contributed by atoms with Crippen molar-refractivity contribution >= 4 is 29.9 Å². The molecule has 5 nitrogen and oxygen atoms in total. The number of aliphatic imine (C=N–C) groups is 1. The van der Waals surface area contributed by atoms with Crippen LogP contribution in [0.3, 0.4) is 0 Å². The maximum Gasteiger partial charge on any atom is 0.191 e. The van der Waals surface area contributed by atoms with Gasteiger partial charge in [0.15, 0.2) is 5.96 Å². The first kappa shape index (κ1) is 21.8. The Morgan fingerprint density at radius 3 is 2.37 bits per heavy atom. The molecule has 0 radical (unpaired) electrons. The van der Waals surface area contributed by atoms with Crippen molar-refractivity contribution in [1.82, 2.24) is 20.1 Å². The third-order valence-corrected chi connectivity index (χ3v) is 5.06. The maximum absolute atomic E-state index is 4.38. The Balaban J connectivity index is 0.00000261. The van der Waals surface area contributed by atoms with Crippen molar-refractivity contribution in [1.29, 1.82) is 0 Å². The summed E-state index contributed by atoms with van der Waals surface area (Å²) in [5, 5.41) is 6.94. The lowest BCUT2D eigenvalue weighted by Gasteiger charge is -2.29. The summed E-state index contributed by atoms with van der Waals surface area (Å²) in [4.78, 5) is 6.97. The number of guanidine groups is 1. The number of benzene rings is 1. The van der Waals surface area contributed by atoms with Gasteiger partial charge in [-0.3, -0.25) is 9.89 Å². The first-order chi connectivity index (χ1) is 12.8. The van der Waals surface area contributed by atoms with Gasteiger partial charge in [0.05, 0.1) is 6.04 Å². The van der Waals surface area contributed by atoms with Crippen LogP contribution in [0, 0.1) is 6.92 Å². The fourth-order valence-electron chi connectivity index (χ4n) is 3.54. The molecular formula is C21H32IN5. The van der Waals surface area contributed by atoms with Gasteiger partial charge < -0.3 is 15.2 Å². The van der Waals surface area contributed by atoms with E-state index in [0.717, 1.165) is 25.6 Å². The van der Waals surface area contributed by atoms with Crippen molar-refractivity contribution in [2.24, 2.45) is 4.99 Å². The van der Waals surface area contributed by atoms with E-state index in [4.69, 9.17) is 0 Å². The van der Waals surface area contributed by atoms with Crippen LogP contribution in [-0.4, -0.2) is 48.7 Å². The maximum atomic E-state index is 4.38. The van der Waals surface area contributed by atoms with E-state index in [0.29, 0.717) is 6.04 Å². The zero-order chi connectivity index (χ0) is 18.2. The summed E-state index contributed by atoms with van der Waals surface area (Å²) in [7, 11) is 1.84. The molecule has 6 heteroatoms. The van der Waals surface area contributed by atoms with Gasteiger partial charge >= 0.3 is 0 Å². The van der Waals surface area contributed by atoms with Crippen molar-refractivity contribution in [3.63, 3.8) is 0 Å². The van der Waals surface area contributed by atoms with Gasteiger partial charge in [-0.2, -0.15) is 0 Å². The lowest BCUT2D eigenvalue weighted by Crippen LogP contribution is -2.43. The topological polar surface area (TPSA) is 44.6 Å². The second-order valence-corrected chi connectivity index (χ2v) is 6.97. The van der Waals surface area contributed by atoms with E-state index in [-0.39, 0.29) is 24.0 Å². The molecule has 1 atom stereocenters. The van der Waals surface area contributed by atoms with Crippen LogP contribution >= 0.6 is 24.0 Å². The average Bonchev–Trinajstić information content (AvgIpc) is 3.36. The van der Waals surface area contributed by atoms with Crippen LogP contribution < -0.4 is 10.6 Å². The third kappa shape index (κ3) is 6.53. The summed E-state index contributed by atoms with van der Waals surface area (Å²) < 4.78 is 2.17. The predicted octanol–water partition coefficient (Wildman–Crippen LogP) is 3.42. The lowest BCUT2D eigenvalue weighted by atomic mass is 10.0. The quantitative estimate of drug-likeness (QED) is 0.362. The van der Waals surface area contributed by atoms with Gasteiger partial charge in [0, 0.05) is 39.1 Å². The summed E-state index contributed by atoms with van der Waals surface area (Å²) >= 11 is 0. The Bertz CT molecular complexity index is 675. The third-order valence-electron chi connectivity index (χ3n) is 5.06. The van der Waals surface area contributed by atoms with Gasteiger partial charge in [0.1, 0.15) is 0 Å². The van der Waals surface area contributed by atoms with E-state index < -0.39 is 0 Å². The predicted molar refractivity (Wildman–Crippen MR) is 124 cm³/mol. The highest BCUT2D eigenvalue weighted by molar-refractivity contribution is 14.0. The average molecular weight is 481 g/mol. The van der Waals surface area contributed by atoms with Crippen LogP contribution in [0.25, 0.3) is 0 Å². The van der Waals surface area contributed by atoms with Gasteiger partial charge in [-0.05, 0) is 50.6 Å². The molecule has 0 amide bonds. The molecule has 3 rings (SSSR count). The van der Waals surface area contributed by atoms with Crippen LogP contribution in [0.15, 0.2) is 53.8 Å². The molecule has 2 heterocycles. The molecular weight excluding hydrogens is 449 g/mol. The largest absolute Gasteiger partial charge is 0.355 e. The molecule has 1 aliphatic rings. The van der Waals surface area contributed by atoms with E-state index in [1.165, 1.54) is 37.1 Å². The van der Waals surface area contributed by atoms with E-state index >= 15 is 0 Å². The zero-order valence-electron chi connectivity index (χ0n) is 16.4. The van der Waals surface area contributed by atoms with Crippen molar-refractivity contribution < 1.29 is 0 Å². The number of nitrogens with one attached hydrogen (secondary N) is 2. The fourth-order valence-corrected chi connectivity index (χ4v) is 3.54. The van der Waals surface area contributed by atoms with Crippen molar-refractivity contribution in [3.05, 3.63) is 59.9 Å². The van der Waals surface area contributed by atoms with Crippen LogP contribution in [0.2, 0.25) is 0 Å². The minimum atomic E-state index is 0. The summed E-state index contributed by atoms with van der Waals surface area (Å²) in [5.41, 5.74) is 2.69. The van der Waals surface area contributed by atoms with E-state index in [2.05, 4.69) is 80.8 Å². The van der Waals surface area contributed by atoms with Crippen LogP contribution in [-0.2, 0) is 6.54 Å². The van der Waals surface area contributed by atoms with Crippen LogP contribution in [0.5, 0.6) is 0 Å². The molecule has 0 aliphatic carbocycles. The summed E-state index contributed by atoms with van der Waals surface area (Å²) in [6, 6.07) is 13.4. The van der Waals surface area contributed by atoms with Crippen LogP contribution in [0.4, 0.5) is 0 Å². The summed E-state index contributed by atoms with van der Waals surface area (Å²) in [5.74, 6) is 0.869. The molecule has 1 aromatic carbocycles. The van der Waals surface area contributed by atoms with E-state index in [1.54, 1.807) is 0 Å². The molecule has 2 N–H and O–H groups in total. The second-order valence-electron chi connectivity index (χ2n) is 6.97. The first-order valence-electron chi connectivity index (χ1n) is 9.62. The highest BCUT2D eigenvalue weighted by Gasteiger charge is 2.23. The van der Waals surface area contributed by atoms with Crippen molar-refractivity contribution in [2.75, 3.05) is 33.2 Å². The summed E-state index contributed by atoms with van der Waals surface area (Å²) in [6.45, 7) is 7.16. The smallest absolute Gasteiger partial charge is 0.191 e. The van der Waals surface area contributed by atoms with Gasteiger partial charge in [0.2, 0.25) is 0 Å². The van der Waals surface area contributed by atoms with Crippen molar-refractivity contribution in [2.45, 2.75) is 32.4 Å². The highest BCUT2D eigenvalue weighted by atomic mass is 127.